The van der Waals surface area contributed by atoms with Gasteiger partial charge in [0.25, 0.3) is 5.91 Å². The molecule has 3 rings (SSSR count). The molecule has 2 aromatic rings. The number of aliphatic hydroxyl groups is 1. The molecular weight excluding hydrogens is 342 g/mol. The highest BCUT2D eigenvalue weighted by Crippen LogP contribution is 2.42. The summed E-state index contributed by atoms with van der Waals surface area (Å²) in [6.45, 7) is 9.56. The zero-order chi connectivity index (χ0) is 19.9. The second-order valence-electron chi connectivity index (χ2n) is 7.66. The van der Waals surface area contributed by atoms with Crippen molar-refractivity contribution in [2.24, 2.45) is 5.92 Å². The standard InChI is InChI=1S/C22H25NO4/c1-12(2)8-17(24)19-20(18-7-6-15(5)27-18)23(22(26)21(19)25)16-10-13(3)9-14(4)11-16/h6-7,9-12,20,25H,8H2,1-5H3. The Balaban J connectivity index is 2.16. The smallest absolute Gasteiger partial charge is 0.294 e. The Morgan fingerprint density at radius 1 is 1.15 bits per heavy atom. The molecule has 0 aliphatic carbocycles. The normalized spacial score (nSPS) is 17.3. The van der Waals surface area contributed by atoms with E-state index in [1.165, 1.54) is 4.90 Å². The summed E-state index contributed by atoms with van der Waals surface area (Å²) in [5.41, 5.74) is 2.74. The number of hydrogen-bond acceptors (Lipinski definition) is 4. The highest BCUT2D eigenvalue weighted by atomic mass is 16.3. The molecule has 0 spiro atoms. The fraction of sp³-hybridized carbons (Fsp3) is 0.364. The van der Waals surface area contributed by atoms with Gasteiger partial charge in [-0.05, 0) is 62.1 Å². The van der Waals surface area contributed by atoms with Crippen LogP contribution in [0.15, 0.2) is 46.1 Å². The predicted octanol–water partition coefficient (Wildman–Crippen LogP) is 4.72. The number of benzene rings is 1. The van der Waals surface area contributed by atoms with Crippen molar-refractivity contribution in [1.82, 2.24) is 0 Å². The summed E-state index contributed by atoms with van der Waals surface area (Å²) in [5.74, 6) is -0.0370. The van der Waals surface area contributed by atoms with Crippen molar-refractivity contribution in [3.8, 4) is 0 Å². The van der Waals surface area contributed by atoms with Crippen LogP contribution in [0.4, 0.5) is 5.69 Å². The average molecular weight is 367 g/mol. The third-order valence-corrected chi connectivity index (χ3v) is 4.62. The minimum Gasteiger partial charge on any atom is -0.503 e. The Morgan fingerprint density at radius 2 is 1.78 bits per heavy atom. The largest absolute Gasteiger partial charge is 0.503 e. The van der Waals surface area contributed by atoms with Crippen molar-refractivity contribution in [2.75, 3.05) is 4.90 Å². The highest BCUT2D eigenvalue weighted by molar-refractivity contribution is 6.16. The summed E-state index contributed by atoms with van der Waals surface area (Å²) in [5, 5.41) is 10.6. The van der Waals surface area contributed by atoms with Crippen LogP contribution in [0.1, 0.15) is 49.0 Å². The third-order valence-electron chi connectivity index (χ3n) is 4.62. The second kappa shape index (κ2) is 7.06. The minimum absolute atomic E-state index is 0.113. The van der Waals surface area contributed by atoms with Gasteiger partial charge in [-0.3, -0.25) is 14.5 Å². The number of anilines is 1. The molecule has 1 N–H and O–H groups in total. The molecule has 1 atom stereocenters. The molecule has 1 aliphatic rings. The van der Waals surface area contributed by atoms with E-state index >= 15 is 0 Å². The van der Waals surface area contributed by atoms with E-state index in [0.29, 0.717) is 17.2 Å². The average Bonchev–Trinajstić information content (AvgIpc) is 3.08. The quantitative estimate of drug-likeness (QED) is 0.830. The number of Topliss-reactive ketones (excluding diaryl/α,β-unsaturated/α-hetero) is 1. The number of carbonyl (C=O) groups is 2. The van der Waals surface area contributed by atoms with Crippen LogP contribution in [0.25, 0.3) is 0 Å². The highest BCUT2D eigenvalue weighted by Gasteiger charge is 2.45. The molecule has 1 amide bonds. The molecule has 1 aromatic carbocycles. The lowest BCUT2D eigenvalue weighted by Gasteiger charge is -2.26. The Bertz CT molecular complexity index is 915. The molecular formula is C22H25NO4. The molecule has 5 nitrogen and oxygen atoms in total. The number of aryl methyl sites for hydroxylation is 3. The van der Waals surface area contributed by atoms with E-state index < -0.39 is 17.7 Å². The maximum absolute atomic E-state index is 12.9. The van der Waals surface area contributed by atoms with Crippen LogP contribution < -0.4 is 4.90 Å². The van der Waals surface area contributed by atoms with Crippen LogP contribution in [-0.2, 0) is 9.59 Å². The van der Waals surface area contributed by atoms with Gasteiger partial charge in [-0.2, -0.15) is 0 Å². The number of hydrogen-bond donors (Lipinski definition) is 1. The summed E-state index contributed by atoms with van der Waals surface area (Å²) in [7, 11) is 0. The molecule has 0 saturated heterocycles. The summed E-state index contributed by atoms with van der Waals surface area (Å²) in [4.78, 5) is 27.3. The van der Waals surface area contributed by atoms with E-state index in [0.717, 1.165) is 11.1 Å². The lowest BCUT2D eigenvalue weighted by atomic mass is 9.95. The first-order valence-corrected chi connectivity index (χ1v) is 9.13. The fourth-order valence-corrected chi connectivity index (χ4v) is 3.60. The Labute approximate surface area is 159 Å². The van der Waals surface area contributed by atoms with Crippen LogP contribution in [0.2, 0.25) is 0 Å². The topological polar surface area (TPSA) is 70.8 Å². The van der Waals surface area contributed by atoms with Gasteiger partial charge in [-0.1, -0.05) is 19.9 Å². The first-order chi connectivity index (χ1) is 12.7. The molecule has 27 heavy (non-hydrogen) atoms. The van der Waals surface area contributed by atoms with Gasteiger partial charge in [0.2, 0.25) is 0 Å². The van der Waals surface area contributed by atoms with Crippen molar-refractivity contribution >= 4 is 17.4 Å². The van der Waals surface area contributed by atoms with Gasteiger partial charge in [0.1, 0.15) is 17.6 Å². The summed E-state index contributed by atoms with van der Waals surface area (Å²) >= 11 is 0. The molecule has 0 bridgehead atoms. The van der Waals surface area contributed by atoms with E-state index in [4.69, 9.17) is 4.42 Å². The summed E-state index contributed by atoms with van der Waals surface area (Å²) in [6.07, 6.45) is 0.254. The van der Waals surface area contributed by atoms with Gasteiger partial charge in [0.05, 0.1) is 5.57 Å². The van der Waals surface area contributed by atoms with Crippen LogP contribution in [0.5, 0.6) is 0 Å². The molecule has 2 heterocycles. The zero-order valence-corrected chi connectivity index (χ0v) is 16.4. The van der Waals surface area contributed by atoms with E-state index in [2.05, 4.69) is 0 Å². The molecule has 1 unspecified atom stereocenters. The first-order valence-electron chi connectivity index (χ1n) is 9.13. The summed E-state index contributed by atoms with van der Waals surface area (Å²) < 4.78 is 5.77. The van der Waals surface area contributed by atoms with Crippen LogP contribution in [0, 0.1) is 26.7 Å². The number of nitrogens with zero attached hydrogens (tertiary/aromatic N) is 1. The Hall–Kier alpha value is -2.82. The Kier molecular flexibility index (Phi) is 4.96. The first kappa shape index (κ1) is 19.0. The van der Waals surface area contributed by atoms with E-state index in [9.17, 15) is 14.7 Å². The zero-order valence-electron chi connectivity index (χ0n) is 16.4. The van der Waals surface area contributed by atoms with Crippen LogP contribution in [-0.4, -0.2) is 16.8 Å². The minimum atomic E-state index is -0.765. The van der Waals surface area contributed by atoms with Crippen molar-refractivity contribution in [3.05, 3.63) is 64.3 Å². The number of carbonyl (C=O) groups excluding carboxylic acids is 2. The van der Waals surface area contributed by atoms with Crippen molar-refractivity contribution < 1.29 is 19.1 Å². The van der Waals surface area contributed by atoms with E-state index in [1.807, 2.05) is 45.9 Å². The van der Waals surface area contributed by atoms with Crippen molar-refractivity contribution in [1.29, 1.82) is 0 Å². The summed E-state index contributed by atoms with van der Waals surface area (Å²) in [6, 6.07) is 8.53. The number of aliphatic hydroxyl groups excluding tert-OH is 1. The van der Waals surface area contributed by atoms with Gasteiger partial charge in [-0.25, -0.2) is 0 Å². The van der Waals surface area contributed by atoms with E-state index in [-0.39, 0.29) is 23.7 Å². The molecule has 1 aliphatic heterocycles. The fourth-order valence-electron chi connectivity index (χ4n) is 3.60. The maximum Gasteiger partial charge on any atom is 0.294 e. The van der Waals surface area contributed by atoms with Crippen molar-refractivity contribution in [3.63, 3.8) is 0 Å². The number of amides is 1. The Morgan fingerprint density at radius 3 is 2.30 bits per heavy atom. The van der Waals surface area contributed by atoms with Gasteiger partial charge < -0.3 is 9.52 Å². The van der Waals surface area contributed by atoms with Gasteiger partial charge in [-0.15, -0.1) is 0 Å². The van der Waals surface area contributed by atoms with Gasteiger partial charge in [0.15, 0.2) is 11.5 Å². The second-order valence-corrected chi connectivity index (χ2v) is 7.66. The predicted molar refractivity (Wildman–Crippen MR) is 104 cm³/mol. The number of ketones is 1. The van der Waals surface area contributed by atoms with Gasteiger partial charge in [0, 0.05) is 12.1 Å². The third kappa shape index (κ3) is 3.54. The monoisotopic (exact) mass is 367 g/mol. The molecule has 5 heteroatoms. The molecule has 0 radical (unpaired) electrons. The van der Waals surface area contributed by atoms with Crippen LogP contribution in [0.3, 0.4) is 0 Å². The lowest BCUT2D eigenvalue weighted by Crippen LogP contribution is -2.31. The number of furan rings is 1. The van der Waals surface area contributed by atoms with Crippen LogP contribution >= 0.6 is 0 Å². The SMILES string of the molecule is Cc1cc(C)cc(N2C(=O)C(O)=C(C(=O)CC(C)C)C2c2ccc(C)o2)c1. The van der Waals surface area contributed by atoms with Crippen molar-refractivity contribution in [2.45, 2.75) is 47.1 Å². The van der Waals surface area contributed by atoms with E-state index in [1.54, 1.807) is 19.1 Å². The maximum atomic E-state index is 12.9. The molecule has 0 fully saturated rings. The van der Waals surface area contributed by atoms with Gasteiger partial charge >= 0.3 is 0 Å². The number of rotatable bonds is 5. The molecule has 0 saturated carbocycles. The molecule has 1 aromatic heterocycles. The lowest BCUT2D eigenvalue weighted by molar-refractivity contribution is -0.118. The molecule has 142 valence electrons.